The summed E-state index contributed by atoms with van der Waals surface area (Å²) in [5.41, 5.74) is 0.868. The molecular weight excluding hydrogens is 264 g/mol. The maximum absolute atomic E-state index is 6.05. The van der Waals surface area contributed by atoms with Gasteiger partial charge in [-0.25, -0.2) is 15.0 Å². The largest absolute Gasteiger partial charge is 0.363 e. The second-order valence-corrected chi connectivity index (χ2v) is 4.28. The predicted octanol–water partition coefficient (Wildman–Crippen LogP) is 2.35. The number of hydrogen-bond donors (Lipinski definition) is 2. The highest BCUT2D eigenvalue weighted by atomic mass is 35.5. The highest BCUT2D eigenvalue weighted by Gasteiger charge is 2.05. The molecule has 2 rings (SSSR count). The molecule has 7 heteroatoms. The fourth-order valence-corrected chi connectivity index (χ4v) is 1.57. The standard InChI is InChI=1S/C12H15ClN6/c1-2-4-15-12-17-7-10(13)11(19-12)16-6-9-3-5-14-8-18-9/h3,5,7-8H,2,4,6H2,1H3,(H2,15,16,17,19). The normalized spacial score (nSPS) is 10.2. The lowest BCUT2D eigenvalue weighted by Gasteiger charge is -2.09. The van der Waals surface area contributed by atoms with Gasteiger partial charge in [-0.2, -0.15) is 4.98 Å². The van der Waals surface area contributed by atoms with Crippen LogP contribution in [0.1, 0.15) is 19.0 Å². The zero-order valence-electron chi connectivity index (χ0n) is 10.6. The molecule has 0 bridgehead atoms. The van der Waals surface area contributed by atoms with E-state index in [1.54, 1.807) is 12.4 Å². The Hall–Kier alpha value is -1.95. The van der Waals surface area contributed by atoms with Crippen LogP contribution in [0.4, 0.5) is 11.8 Å². The van der Waals surface area contributed by atoms with Gasteiger partial charge in [0.1, 0.15) is 11.3 Å². The molecule has 0 aromatic carbocycles. The molecule has 2 heterocycles. The Morgan fingerprint density at radius 1 is 1.26 bits per heavy atom. The molecule has 0 fully saturated rings. The summed E-state index contributed by atoms with van der Waals surface area (Å²) in [6, 6.07) is 1.83. The lowest BCUT2D eigenvalue weighted by molar-refractivity contribution is 0.946. The van der Waals surface area contributed by atoms with Crippen molar-refractivity contribution in [3.8, 4) is 0 Å². The topological polar surface area (TPSA) is 75.6 Å². The van der Waals surface area contributed by atoms with Gasteiger partial charge in [-0.15, -0.1) is 0 Å². The Balaban J connectivity index is 2.02. The summed E-state index contributed by atoms with van der Waals surface area (Å²) in [4.78, 5) is 16.4. The predicted molar refractivity (Wildman–Crippen MR) is 75.2 cm³/mol. The second-order valence-electron chi connectivity index (χ2n) is 3.87. The number of nitrogens with zero attached hydrogens (tertiary/aromatic N) is 4. The number of halogens is 1. The number of rotatable bonds is 6. The summed E-state index contributed by atoms with van der Waals surface area (Å²) in [5.74, 6) is 1.16. The van der Waals surface area contributed by atoms with Crippen molar-refractivity contribution in [2.75, 3.05) is 17.2 Å². The van der Waals surface area contributed by atoms with Crippen molar-refractivity contribution in [1.29, 1.82) is 0 Å². The van der Waals surface area contributed by atoms with Crippen molar-refractivity contribution in [3.05, 3.63) is 35.5 Å². The molecule has 0 saturated carbocycles. The number of nitrogens with one attached hydrogen (secondary N) is 2. The molecule has 6 nitrogen and oxygen atoms in total. The highest BCUT2D eigenvalue weighted by Crippen LogP contribution is 2.19. The van der Waals surface area contributed by atoms with E-state index >= 15 is 0 Å². The van der Waals surface area contributed by atoms with Crippen LogP contribution in [0.2, 0.25) is 5.02 Å². The maximum atomic E-state index is 6.05. The van der Waals surface area contributed by atoms with Gasteiger partial charge in [0, 0.05) is 12.7 Å². The Labute approximate surface area is 116 Å². The molecule has 0 aliphatic heterocycles. The fourth-order valence-electron chi connectivity index (χ4n) is 1.41. The van der Waals surface area contributed by atoms with E-state index in [1.807, 2.05) is 6.07 Å². The van der Waals surface area contributed by atoms with E-state index in [1.165, 1.54) is 6.33 Å². The third-order valence-electron chi connectivity index (χ3n) is 2.36. The summed E-state index contributed by atoms with van der Waals surface area (Å²) in [6.07, 6.45) is 5.79. The Bertz CT molecular complexity index is 519. The molecular formula is C12H15ClN6. The Kier molecular flexibility index (Phi) is 4.85. The molecule has 0 unspecified atom stereocenters. The fraction of sp³-hybridized carbons (Fsp3) is 0.333. The van der Waals surface area contributed by atoms with E-state index in [0.29, 0.717) is 23.3 Å². The second kappa shape index (κ2) is 6.84. The number of hydrogen-bond acceptors (Lipinski definition) is 6. The molecule has 0 spiro atoms. The maximum Gasteiger partial charge on any atom is 0.224 e. The molecule has 100 valence electrons. The van der Waals surface area contributed by atoms with Crippen LogP contribution >= 0.6 is 11.6 Å². The van der Waals surface area contributed by atoms with Gasteiger partial charge in [0.15, 0.2) is 5.82 Å². The van der Waals surface area contributed by atoms with Gasteiger partial charge in [0.05, 0.1) is 18.4 Å². The van der Waals surface area contributed by atoms with Crippen LogP contribution in [0.15, 0.2) is 24.8 Å². The monoisotopic (exact) mass is 278 g/mol. The first kappa shape index (κ1) is 13.5. The van der Waals surface area contributed by atoms with Crippen LogP contribution in [-0.2, 0) is 6.54 Å². The van der Waals surface area contributed by atoms with Crippen molar-refractivity contribution in [1.82, 2.24) is 19.9 Å². The van der Waals surface area contributed by atoms with E-state index in [9.17, 15) is 0 Å². The third-order valence-corrected chi connectivity index (χ3v) is 2.63. The molecule has 0 aliphatic carbocycles. The van der Waals surface area contributed by atoms with Gasteiger partial charge in [-0.05, 0) is 12.5 Å². The molecule has 19 heavy (non-hydrogen) atoms. The van der Waals surface area contributed by atoms with Crippen molar-refractivity contribution in [2.24, 2.45) is 0 Å². The average molecular weight is 279 g/mol. The zero-order chi connectivity index (χ0) is 13.5. The molecule has 0 atom stereocenters. The molecule has 0 radical (unpaired) electrons. The quantitative estimate of drug-likeness (QED) is 0.845. The van der Waals surface area contributed by atoms with E-state index in [0.717, 1.165) is 18.7 Å². The number of anilines is 2. The SMILES string of the molecule is CCCNc1ncc(Cl)c(NCc2ccncn2)n1. The summed E-state index contributed by atoms with van der Waals surface area (Å²) >= 11 is 6.05. The van der Waals surface area contributed by atoms with E-state index in [2.05, 4.69) is 37.5 Å². The van der Waals surface area contributed by atoms with Gasteiger partial charge < -0.3 is 10.6 Å². The lowest BCUT2D eigenvalue weighted by atomic mass is 10.4. The first-order valence-corrected chi connectivity index (χ1v) is 6.42. The van der Waals surface area contributed by atoms with Crippen LogP contribution in [-0.4, -0.2) is 26.5 Å². The van der Waals surface area contributed by atoms with Crippen molar-refractivity contribution < 1.29 is 0 Å². The van der Waals surface area contributed by atoms with Crippen molar-refractivity contribution in [2.45, 2.75) is 19.9 Å². The average Bonchev–Trinajstić information content (AvgIpc) is 2.46. The Morgan fingerprint density at radius 3 is 2.89 bits per heavy atom. The van der Waals surface area contributed by atoms with Crippen molar-refractivity contribution in [3.63, 3.8) is 0 Å². The third kappa shape index (κ3) is 4.03. The number of aromatic nitrogens is 4. The summed E-state index contributed by atoms with van der Waals surface area (Å²) in [6.45, 7) is 3.44. The first-order chi connectivity index (χ1) is 9.29. The van der Waals surface area contributed by atoms with Crippen LogP contribution in [0.25, 0.3) is 0 Å². The summed E-state index contributed by atoms with van der Waals surface area (Å²) in [7, 11) is 0. The van der Waals surface area contributed by atoms with Crippen LogP contribution < -0.4 is 10.6 Å². The molecule has 2 aromatic rings. The van der Waals surface area contributed by atoms with Crippen molar-refractivity contribution >= 4 is 23.4 Å². The Morgan fingerprint density at radius 2 is 2.16 bits per heavy atom. The van der Waals surface area contributed by atoms with Gasteiger partial charge in [-0.1, -0.05) is 18.5 Å². The van der Waals surface area contributed by atoms with Crippen LogP contribution in [0.3, 0.4) is 0 Å². The minimum Gasteiger partial charge on any atom is -0.363 e. The smallest absolute Gasteiger partial charge is 0.224 e. The molecule has 0 amide bonds. The minimum atomic E-state index is 0.483. The minimum absolute atomic E-state index is 0.483. The van der Waals surface area contributed by atoms with Crippen LogP contribution in [0.5, 0.6) is 0 Å². The van der Waals surface area contributed by atoms with Gasteiger partial charge in [0.2, 0.25) is 5.95 Å². The van der Waals surface area contributed by atoms with E-state index < -0.39 is 0 Å². The molecule has 2 aromatic heterocycles. The molecule has 2 N–H and O–H groups in total. The van der Waals surface area contributed by atoms with Crippen LogP contribution in [0, 0.1) is 0 Å². The molecule has 0 aliphatic rings. The van der Waals surface area contributed by atoms with E-state index in [-0.39, 0.29) is 0 Å². The zero-order valence-corrected chi connectivity index (χ0v) is 11.4. The van der Waals surface area contributed by atoms with E-state index in [4.69, 9.17) is 11.6 Å². The first-order valence-electron chi connectivity index (χ1n) is 6.04. The molecule has 0 saturated heterocycles. The summed E-state index contributed by atoms with van der Waals surface area (Å²) in [5, 5.41) is 6.73. The van der Waals surface area contributed by atoms with Gasteiger partial charge in [0.25, 0.3) is 0 Å². The van der Waals surface area contributed by atoms with Gasteiger partial charge >= 0.3 is 0 Å². The summed E-state index contributed by atoms with van der Waals surface area (Å²) < 4.78 is 0. The van der Waals surface area contributed by atoms with Gasteiger partial charge in [-0.3, -0.25) is 0 Å². The lowest BCUT2D eigenvalue weighted by Crippen LogP contribution is -2.08. The highest BCUT2D eigenvalue weighted by molar-refractivity contribution is 6.32.